The van der Waals surface area contributed by atoms with Crippen molar-refractivity contribution >= 4 is 34.1 Å². The molecule has 29 heavy (non-hydrogen) atoms. The molecule has 4 rings (SSSR count). The van der Waals surface area contributed by atoms with Gasteiger partial charge >= 0.3 is 0 Å². The molecule has 0 fully saturated rings. The molecular weight excluding hydrogens is 386 g/mol. The molecule has 0 aliphatic carbocycles. The molecule has 142 valence electrons. The van der Waals surface area contributed by atoms with Crippen LogP contribution in [0.15, 0.2) is 55.0 Å². The molecule has 0 radical (unpaired) electrons. The highest BCUT2D eigenvalue weighted by Crippen LogP contribution is 2.33. The van der Waals surface area contributed by atoms with E-state index in [0.717, 1.165) is 27.9 Å². The quantitative estimate of drug-likeness (QED) is 0.522. The summed E-state index contributed by atoms with van der Waals surface area (Å²) in [7, 11) is 0. The predicted molar refractivity (Wildman–Crippen MR) is 113 cm³/mol. The lowest BCUT2D eigenvalue weighted by molar-refractivity contribution is 0.838. The zero-order valence-electron chi connectivity index (χ0n) is 15.5. The van der Waals surface area contributed by atoms with Crippen LogP contribution in [0.1, 0.15) is 24.2 Å². The van der Waals surface area contributed by atoms with Crippen LogP contribution in [0.5, 0.6) is 0 Å². The lowest BCUT2D eigenvalue weighted by Crippen LogP contribution is -2.14. The summed E-state index contributed by atoms with van der Waals surface area (Å²) in [5, 5.41) is 14.1. The number of halogens is 1. The zero-order chi connectivity index (χ0) is 20.4. The number of rotatable bonds is 4. The standard InChI is InChI=1S/C21H16ClN7/c1-12(28-21-15(10-23)20(24)26-11-27-21)19-14(17-6-2-3-8-25-17)9-13-16(22)5-4-7-18(13)29-19/h2-9,11-12H,1H3,(H3,24,26,27,28)/t12-/m0/s1. The molecule has 0 aliphatic heterocycles. The molecule has 4 aromatic rings. The number of hydrogen-bond donors (Lipinski definition) is 2. The van der Waals surface area contributed by atoms with Crippen LogP contribution >= 0.6 is 11.6 Å². The van der Waals surface area contributed by atoms with E-state index >= 15 is 0 Å². The summed E-state index contributed by atoms with van der Waals surface area (Å²) in [5.41, 5.74) is 9.13. The third kappa shape index (κ3) is 3.53. The van der Waals surface area contributed by atoms with Crippen molar-refractivity contribution < 1.29 is 0 Å². The van der Waals surface area contributed by atoms with Crippen LogP contribution in [0.25, 0.3) is 22.2 Å². The number of aromatic nitrogens is 4. The zero-order valence-corrected chi connectivity index (χ0v) is 16.2. The Labute approximate surface area is 172 Å². The normalized spacial score (nSPS) is 11.8. The number of hydrogen-bond acceptors (Lipinski definition) is 7. The first-order valence-electron chi connectivity index (χ1n) is 8.86. The van der Waals surface area contributed by atoms with Crippen molar-refractivity contribution in [2.45, 2.75) is 13.0 Å². The Hall–Kier alpha value is -3.76. The van der Waals surface area contributed by atoms with Crippen molar-refractivity contribution in [3.05, 3.63) is 71.3 Å². The monoisotopic (exact) mass is 401 g/mol. The number of nitrogens with two attached hydrogens (primary N) is 1. The van der Waals surface area contributed by atoms with Crippen molar-refractivity contribution in [3.63, 3.8) is 0 Å². The molecule has 0 saturated carbocycles. The fourth-order valence-corrected chi connectivity index (χ4v) is 3.35. The fourth-order valence-electron chi connectivity index (χ4n) is 3.12. The second-order valence-electron chi connectivity index (χ2n) is 6.40. The lowest BCUT2D eigenvalue weighted by Gasteiger charge is -2.19. The van der Waals surface area contributed by atoms with E-state index in [4.69, 9.17) is 22.3 Å². The molecule has 7 nitrogen and oxygen atoms in total. The van der Waals surface area contributed by atoms with Gasteiger partial charge in [0.25, 0.3) is 0 Å². The van der Waals surface area contributed by atoms with Gasteiger partial charge in [0.1, 0.15) is 29.6 Å². The Kier molecular flexibility index (Phi) is 4.94. The highest BCUT2D eigenvalue weighted by atomic mass is 35.5. The maximum Gasteiger partial charge on any atom is 0.150 e. The summed E-state index contributed by atoms with van der Waals surface area (Å²) < 4.78 is 0. The van der Waals surface area contributed by atoms with E-state index < -0.39 is 0 Å². The molecule has 8 heteroatoms. The van der Waals surface area contributed by atoms with Gasteiger partial charge < -0.3 is 11.1 Å². The highest BCUT2D eigenvalue weighted by molar-refractivity contribution is 6.35. The SMILES string of the molecule is C[C@H](Nc1ncnc(N)c1C#N)c1nc2cccc(Cl)c2cc1-c1ccccn1. The number of pyridine rings is 2. The predicted octanol–water partition coefficient (Wildman–Crippen LogP) is 4.37. The molecule has 1 atom stereocenters. The summed E-state index contributed by atoms with van der Waals surface area (Å²) in [5.74, 6) is 0.480. The number of nitrogens with zero attached hydrogens (tertiary/aromatic N) is 5. The molecule has 0 amide bonds. The van der Waals surface area contributed by atoms with Gasteiger partial charge in [0.15, 0.2) is 0 Å². The van der Waals surface area contributed by atoms with Gasteiger partial charge in [0, 0.05) is 22.2 Å². The summed E-state index contributed by atoms with van der Waals surface area (Å²) in [6.45, 7) is 1.94. The molecule has 3 N–H and O–H groups in total. The van der Waals surface area contributed by atoms with E-state index in [0.29, 0.717) is 10.8 Å². The fraction of sp³-hybridized carbons (Fsp3) is 0.0952. The molecule has 0 saturated heterocycles. The van der Waals surface area contributed by atoms with E-state index in [2.05, 4.69) is 20.3 Å². The van der Waals surface area contributed by atoms with Gasteiger partial charge in [0.05, 0.1) is 22.9 Å². The van der Waals surface area contributed by atoms with Gasteiger partial charge in [-0.15, -0.1) is 0 Å². The van der Waals surface area contributed by atoms with Gasteiger partial charge in [-0.2, -0.15) is 5.26 Å². The van der Waals surface area contributed by atoms with Crippen molar-refractivity contribution in [2.75, 3.05) is 11.1 Å². The van der Waals surface area contributed by atoms with Crippen molar-refractivity contribution in [1.82, 2.24) is 19.9 Å². The summed E-state index contributed by atoms with van der Waals surface area (Å²) in [6, 6.07) is 15.0. The Morgan fingerprint density at radius 1 is 1.14 bits per heavy atom. The molecule has 0 spiro atoms. The molecular formula is C21H16ClN7. The minimum atomic E-state index is -0.295. The molecule has 0 aliphatic rings. The van der Waals surface area contributed by atoms with Crippen LogP contribution in [0.4, 0.5) is 11.6 Å². The third-order valence-electron chi connectivity index (χ3n) is 4.53. The Bertz CT molecular complexity index is 1240. The maximum absolute atomic E-state index is 9.40. The average Bonchev–Trinajstić information content (AvgIpc) is 2.74. The van der Waals surface area contributed by atoms with Crippen molar-refractivity contribution in [2.24, 2.45) is 0 Å². The van der Waals surface area contributed by atoms with Gasteiger partial charge in [0.2, 0.25) is 0 Å². The van der Waals surface area contributed by atoms with E-state index in [9.17, 15) is 5.26 Å². The number of fused-ring (bicyclic) bond motifs is 1. The van der Waals surface area contributed by atoms with Crippen LogP contribution in [-0.2, 0) is 0 Å². The average molecular weight is 402 g/mol. The topological polar surface area (TPSA) is 113 Å². The Morgan fingerprint density at radius 3 is 2.76 bits per heavy atom. The number of nitrogens with one attached hydrogen (secondary N) is 1. The highest BCUT2D eigenvalue weighted by Gasteiger charge is 2.19. The third-order valence-corrected chi connectivity index (χ3v) is 4.86. The Morgan fingerprint density at radius 2 is 2.00 bits per heavy atom. The summed E-state index contributed by atoms with van der Waals surface area (Å²) in [4.78, 5) is 17.4. The van der Waals surface area contributed by atoms with Gasteiger partial charge in [-0.3, -0.25) is 4.98 Å². The van der Waals surface area contributed by atoms with Crippen LogP contribution < -0.4 is 11.1 Å². The van der Waals surface area contributed by atoms with Crippen LogP contribution in [0.2, 0.25) is 5.02 Å². The first-order valence-corrected chi connectivity index (χ1v) is 9.24. The second kappa shape index (κ2) is 7.70. The van der Waals surface area contributed by atoms with Gasteiger partial charge in [-0.05, 0) is 37.3 Å². The molecule has 3 heterocycles. The lowest BCUT2D eigenvalue weighted by atomic mass is 10.0. The van der Waals surface area contributed by atoms with Crippen LogP contribution in [-0.4, -0.2) is 19.9 Å². The second-order valence-corrected chi connectivity index (χ2v) is 6.81. The molecule has 1 aromatic carbocycles. The number of anilines is 2. The van der Waals surface area contributed by atoms with Gasteiger partial charge in [-0.25, -0.2) is 15.0 Å². The molecule has 3 aromatic heterocycles. The summed E-state index contributed by atoms with van der Waals surface area (Å²) in [6.07, 6.45) is 3.05. The number of nitrogen functional groups attached to an aromatic ring is 1. The van der Waals surface area contributed by atoms with E-state index in [1.54, 1.807) is 6.20 Å². The van der Waals surface area contributed by atoms with E-state index in [1.165, 1.54) is 6.33 Å². The van der Waals surface area contributed by atoms with Crippen molar-refractivity contribution in [3.8, 4) is 17.3 Å². The first kappa shape index (κ1) is 18.6. The molecule has 0 bridgehead atoms. The largest absolute Gasteiger partial charge is 0.382 e. The minimum Gasteiger partial charge on any atom is -0.382 e. The number of nitriles is 1. The van der Waals surface area contributed by atoms with Gasteiger partial charge in [-0.1, -0.05) is 23.7 Å². The molecule has 0 unspecified atom stereocenters. The minimum absolute atomic E-state index is 0.125. The maximum atomic E-state index is 9.40. The van der Waals surface area contributed by atoms with Crippen molar-refractivity contribution in [1.29, 1.82) is 5.26 Å². The first-order chi connectivity index (χ1) is 14.1. The van der Waals surface area contributed by atoms with Crippen LogP contribution in [0.3, 0.4) is 0 Å². The Balaban J connectivity index is 1.86. The number of benzene rings is 1. The van der Waals surface area contributed by atoms with E-state index in [1.807, 2.05) is 55.5 Å². The smallest absolute Gasteiger partial charge is 0.150 e. The van der Waals surface area contributed by atoms with E-state index in [-0.39, 0.29) is 17.4 Å². The summed E-state index contributed by atoms with van der Waals surface area (Å²) >= 11 is 6.39. The van der Waals surface area contributed by atoms with Crippen LogP contribution in [0, 0.1) is 11.3 Å².